The summed E-state index contributed by atoms with van der Waals surface area (Å²) in [6.07, 6.45) is 1.98. The number of halogens is 1. The van der Waals surface area contributed by atoms with Crippen LogP contribution in [0.1, 0.15) is 35.8 Å². The smallest absolute Gasteiger partial charge is 0.127 e. The summed E-state index contributed by atoms with van der Waals surface area (Å²) in [4.78, 5) is 2.10. The Morgan fingerprint density at radius 2 is 2.00 bits per heavy atom. The second kappa shape index (κ2) is 6.37. The van der Waals surface area contributed by atoms with Gasteiger partial charge in [0.25, 0.3) is 0 Å². The maximum Gasteiger partial charge on any atom is 0.127 e. The number of aromatic nitrogens is 2. The predicted molar refractivity (Wildman–Crippen MR) is 82.3 cm³/mol. The van der Waals surface area contributed by atoms with Crippen LogP contribution in [0.3, 0.4) is 0 Å². The van der Waals surface area contributed by atoms with E-state index in [9.17, 15) is 4.39 Å². The summed E-state index contributed by atoms with van der Waals surface area (Å²) < 4.78 is 15.8. The average molecular weight is 290 g/mol. The highest BCUT2D eigenvalue weighted by atomic mass is 19.1. The van der Waals surface area contributed by atoms with E-state index in [0.717, 1.165) is 11.3 Å². The lowest BCUT2D eigenvalue weighted by atomic mass is 10.0. The van der Waals surface area contributed by atoms with E-state index in [1.54, 1.807) is 10.7 Å². The molecule has 2 atom stereocenters. The van der Waals surface area contributed by atoms with Crippen LogP contribution in [-0.4, -0.2) is 28.3 Å². The first kappa shape index (κ1) is 15.7. The molecule has 0 fully saturated rings. The molecular formula is C16H23FN4. The van der Waals surface area contributed by atoms with Crippen molar-refractivity contribution >= 4 is 0 Å². The standard InChI is InChI=1S/C16H23FN4/c1-11-14(10-20(3)19-11)16(9-18)21(4)12(2)13-7-5-6-8-15(13)17/h5-8,10,12,16H,9,18H2,1-4H3. The third-order valence-electron chi connectivity index (χ3n) is 4.09. The van der Waals surface area contributed by atoms with Gasteiger partial charge in [0, 0.05) is 37.0 Å². The second-order valence-corrected chi connectivity index (χ2v) is 5.46. The molecule has 0 aliphatic carbocycles. The highest BCUT2D eigenvalue weighted by Gasteiger charge is 2.25. The average Bonchev–Trinajstić information content (AvgIpc) is 2.78. The molecule has 0 amide bonds. The number of benzene rings is 1. The zero-order valence-corrected chi connectivity index (χ0v) is 13.0. The Morgan fingerprint density at radius 3 is 2.52 bits per heavy atom. The molecular weight excluding hydrogens is 267 g/mol. The molecule has 0 saturated heterocycles. The summed E-state index contributed by atoms with van der Waals surface area (Å²) in [5, 5.41) is 4.37. The molecule has 0 bridgehead atoms. The van der Waals surface area contributed by atoms with Gasteiger partial charge in [-0.1, -0.05) is 18.2 Å². The highest BCUT2D eigenvalue weighted by molar-refractivity contribution is 5.24. The third kappa shape index (κ3) is 3.14. The molecule has 5 heteroatoms. The van der Waals surface area contributed by atoms with Gasteiger partial charge in [-0.05, 0) is 27.0 Å². The summed E-state index contributed by atoms with van der Waals surface area (Å²) in [5.41, 5.74) is 8.69. The summed E-state index contributed by atoms with van der Waals surface area (Å²) in [6.45, 7) is 4.42. The molecule has 1 aromatic heterocycles. The van der Waals surface area contributed by atoms with Gasteiger partial charge in [0.1, 0.15) is 5.82 Å². The Labute approximate surface area is 125 Å². The van der Waals surface area contributed by atoms with Gasteiger partial charge in [-0.15, -0.1) is 0 Å². The number of hydrogen-bond donors (Lipinski definition) is 1. The minimum atomic E-state index is -0.185. The highest BCUT2D eigenvalue weighted by Crippen LogP contribution is 2.30. The predicted octanol–water partition coefficient (Wildman–Crippen LogP) is 2.56. The number of likely N-dealkylation sites (N-methyl/N-ethyl adjacent to an activating group) is 1. The Bertz CT molecular complexity index is 608. The molecule has 0 spiro atoms. The van der Waals surface area contributed by atoms with Gasteiger partial charge in [-0.3, -0.25) is 9.58 Å². The van der Waals surface area contributed by atoms with Gasteiger partial charge in [-0.25, -0.2) is 4.39 Å². The molecule has 1 heterocycles. The van der Waals surface area contributed by atoms with Crippen LogP contribution in [0.2, 0.25) is 0 Å². The first-order valence-corrected chi connectivity index (χ1v) is 7.12. The zero-order valence-electron chi connectivity index (χ0n) is 13.0. The Hall–Kier alpha value is -1.72. The lowest BCUT2D eigenvalue weighted by Crippen LogP contribution is -2.33. The summed E-state index contributed by atoms with van der Waals surface area (Å²) in [7, 11) is 3.87. The van der Waals surface area contributed by atoms with E-state index in [2.05, 4.69) is 10.00 Å². The number of hydrogen-bond acceptors (Lipinski definition) is 3. The fourth-order valence-corrected chi connectivity index (χ4v) is 2.76. The van der Waals surface area contributed by atoms with Crippen LogP contribution in [0.15, 0.2) is 30.5 Å². The maximum atomic E-state index is 14.0. The number of nitrogens with two attached hydrogens (primary N) is 1. The molecule has 0 aliphatic rings. The quantitative estimate of drug-likeness (QED) is 0.920. The van der Waals surface area contributed by atoms with E-state index in [-0.39, 0.29) is 17.9 Å². The van der Waals surface area contributed by atoms with Crippen molar-refractivity contribution in [3.63, 3.8) is 0 Å². The van der Waals surface area contributed by atoms with Gasteiger partial charge in [-0.2, -0.15) is 5.10 Å². The summed E-state index contributed by atoms with van der Waals surface area (Å²) in [5.74, 6) is -0.185. The number of nitrogens with zero attached hydrogens (tertiary/aromatic N) is 3. The SMILES string of the molecule is Cc1nn(C)cc1C(CN)N(C)C(C)c1ccccc1F. The molecule has 2 aromatic rings. The molecule has 21 heavy (non-hydrogen) atoms. The molecule has 2 unspecified atom stereocenters. The van der Waals surface area contributed by atoms with Gasteiger partial charge in [0.05, 0.1) is 11.7 Å². The van der Waals surface area contributed by atoms with Crippen LogP contribution in [0.5, 0.6) is 0 Å². The summed E-state index contributed by atoms with van der Waals surface area (Å²) in [6, 6.07) is 6.81. The van der Waals surface area contributed by atoms with E-state index >= 15 is 0 Å². The second-order valence-electron chi connectivity index (χ2n) is 5.46. The van der Waals surface area contributed by atoms with Crippen LogP contribution < -0.4 is 5.73 Å². The first-order chi connectivity index (χ1) is 9.95. The molecule has 4 nitrogen and oxygen atoms in total. The van der Waals surface area contributed by atoms with Crippen molar-refractivity contribution in [2.45, 2.75) is 25.9 Å². The van der Waals surface area contributed by atoms with Gasteiger partial charge >= 0.3 is 0 Å². The number of rotatable bonds is 5. The molecule has 2 N–H and O–H groups in total. The lowest BCUT2D eigenvalue weighted by Gasteiger charge is -2.32. The largest absolute Gasteiger partial charge is 0.329 e. The van der Waals surface area contributed by atoms with E-state index in [1.807, 2.05) is 46.3 Å². The molecule has 0 saturated carbocycles. The van der Waals surface area contributed by atoms with Crippen LogP contribution in [-0.2, 0) is 7.05 Å². The van der Waals surface area contributed by atoms with Crippen molar-refractivity contribution in [1.82, 2.24) is 14.7 Å². The van der Waals surface area contributed by atoms with Gasteiger partial charge in [0.15, 0.2) is 0 Å². The van der Waals surface area contributed by atoms with E-state index in [4.69, 9.17) is 5.73 Å². The van der Waals surface area contributed by atoms with Crippen molar-refractivity contribution in [1.29, 1.82) is 0 Å². The van der Waals surface area contributed by atoms with Crippen LogP contribution in [0.25, 0.3) is 0 Å². The lowest BCUT2D eigenvalue weighted by molar-refractivity contribution is 0.186. The van der Waals surface area contributed by atoms with Crippen LogP contribution in [0, 0.1) is 12.7 Å². The van der Waals surface area contributed by atoms with Crippen LogP contribution in [0.4, 0.5) is 4.39 Å². The minimum absolute atomic E-state index is 0.00769. The molecule has 114 valence electrons. The fraction of sp³-hybridized carbons (Fsp3) is 0.438. The normalized spacial score (nSPS) is 14.4. The van der Waals surface area contributed by atoms with E-state index in [1.165, 1.54) is 6.07 Å². The van der Waals surface area contributed by atoms with Crippen molar-refractivity contribution in [3.05, 3.63) is 53.1 Å². The fourth-order valence-electron chi connectivity index (χ4n) is 2.76. The number of aryl methyl sites for hydroxylation is 2. The zero-order chi connectivity index (χ0) is 15.6. The van der Waals surface area contributed by atoms with Crippen molar-refractivity contribution in [2.24, 2.45) is 12.8 Å². The van der Waals surface area contributed by atoms with E-state index < -0.39 is 0 Å². The Balaban J connectivity index is 2.30. The van der Waals surface area contributed by atoms with Crippen molar-refractivity contribution in [3.8, 4) is 0 Å². The molecule has 0 aliphatic heterocycles. The monoisotopic (exact) mass is 290 g/mol. The third-order valence-corrected chi connectivity index (χ3v) is 4.09. The topological polar surface area (TPSA) is 47.1 Å². The summed E-state index contributed by atoms with van der Waals surface area (Å²) >= 11 is 0. The molecule has 1 aromatic carbocycles. The Morgan fingerprint density at radius 1 is 1.33 bits per heavy atom. The Kier molecular flexibility index (Phi) is 4.75. The minimum Gasteiger partial charge on any atom is -0.329 e. The van der Waals surface area contributed by atoms with Crippen LogP contribution >= 0.6 is 0 Å². The van der Waals surface area contributed by atoms with E-state index in [0.29, 0.717) is 12.1 Å². The van der Waals surface area contributed by atoms with Gasteiger partial charge < -0.3 is 5.73 Å². The molecule has 0 radical (unpaired) electrons. The van der Waals surface area contributed by atoms with Crippen molar-refractivity contribution < 1.29 is 4.39 Å². The molecule has 2 rings (SSSR count). The maximum absolute atomic E-state index is 14.0. The first-order valence-electron chi connectivity index (χ1n) is 7.12. The van der Waals surface area contributed by atoms with Gasteiger partial charge in [0.2, 0.25) is 0 Å². The van der Waals surface area contributed by atoms with Crippen molar-refractivity contribution in [2.75, 3.05) is 13.6 Å².